The highest BCUT2D eigenvalue weighted by Gasteiger charge is 2.36. The Morgan fingerprint density at radius 2 is 1.78 bits per heavy atom. The van der Waals surface area contributed by atoms with Gasteiger partial charge in [-0.3, -0.25) is 14.5 Å². The zero-order valence-electron chi connectivity index (χ0n) is 19.2. The highest BCUT2D eigenvalue weighted by molar-refractivity contribution is 8.18. The largest absolute Gasteiger partial charge is 0.493 e. The molecule has 0 radical (unpaired) electrons. The van der Waals surface area contributed by atoms with Crippen molar-refractivity contribution in [2.45, 2.75) is 6.54 Å². The van der Waals surface area contributed by atoms with Crippen LogP contribution in [0.15, 0.2) is 59.5 Å². The van der Waals surface area contributed by atoms with Gasteiger partial charge in [0.25, 0.3) is 11.1 Å². The van der Waals surface area contributed by atoms with Crippen molar-refractivity contribution in [3.8, 4) is 23.0 Å². The molecule has 5 rings (SSSR count). The Kier molecular flexibility index (Phi) is 7.01. The number of esters is 1. The van der Waals surface area contributed by atoms with E-state index in [9.17, 15) is 14.4 Å². The minimum Gasteiger partial charge on any atom is -0.493 e. The summed E-state index contributed by atoms with van der Waals surface area (Å²) in [6.45, 7) is 0.0533. The smallest absolute Gasteiger partial charge is 0.345 e. The van der Waals surface area contributed by atoms with E-state index in [1.807, 2.05) is 0 Å². The highest BCUT2D eigenvalue weighted by Crippen LogP contribution is 2.40. The number of carbonyl (C=O) groups is 3. The van der Waals surface area contributed by atoms with Crippen LogP contribution in [0.1, 0.15) is 21.5 Å². The van der Waals surface area contributed by atoms with Gasteiger partial charge in [0.2, 0.25) is 6.79 Å². The average Bonchev–Trinajstić information content (AvgIpc) is 3.43. The third kappa shape index (κ3) is 5.11. The summed E-state index contributed by atoms with van der Waals surface area (Å²) < 4.78 is 21.5. The zero-order chi connectivity index (χ0) is 26.1. The van der Waals surface area contributed by atoms with Crippen molar-refractivity contribution in [2.24, 2.45) is 0 Å². The number of hydrogen-bond donors (Lipinski definition) is 0. The van der Waals surface area contributed by atoms with E-state index >= 15 is 0 Å². The van der Waals surface area contributed by atoms with E-state index in [1.54, 1.807) is 54.6 Å². The van der Waals surface area contributed by atoms with Crippen LogP contribution in [0.2, 0.25) is 10.0 Å². The number of thioether (sulfide) groups is 1. The predicted octanol–water partition coefficient (Wildman–Crippen LogP) is 6.19. The van der Waals surface area contributed by atoms with E-state index in [2.05, 4.69) is 0 Å². The van der Waals surface area contributed by atoms with Gasteiger partial charge in [0, 0.05) is 11.1 Å². The summed E-state index contributed by atoms with van der Waals surface area (Å²) in [5.74, 6) is 0.305. The van der Waals surface area contributed by atoms with Crippen LogP contribution in [0.4, 0.5) is 4.79 Å². The molecule has 0 spiro atoms. The molecule has 3 aromatic rings. The molecule has 37 heavy (non-hydrogen) atoms. The Morgan fingerprint density at radius 1 is 1.03 bits per heavy atom. The van der Waals surface area contributed by atoms with Crippen LogP contribution in [0.5, 0.6) is 23.0 Å². The fraction of sp³-hybridized carbons (Fsp3) is 0.115. The first-order chi connectivity index (χ1) is 17.8. The van der Waals surface area contributed by atoms with Crippen molar-refractivity contribution in [3.63, 3.8) is 0 Å². The minimum atomic E-state index is -0.665. The third-order valence-corrected chi connectivity index (χ3v) is 7.11. The maximum absolute atomic E-state index is 13.1. The summed E-state index contributed by atoms with van der Waals surface area (Å²) in [4.78, 5) is 39.7. The second-order valence-electron chi connectivity index (χ2n) is 7.84. The molecule has 8 nitrogen and oxygen atoms in total. The number of hydrogen-bond acceptors (Lipinski definition) is 8. The van der Waals surface area contributed by atoms with Crippen LogP contribution in [0.3, 0.4) is 0 Å². The topological polar surface area (TPSA) is 91.4 Å². The van der Waals surface area contributed by atoms with E-state index in [1.165, 1.54) is 13.2 Å². The molecule has 2 heterocycles. The molecule has 2 aliphatic heterocycles. The fourth-order valence-corrected chi connectivity index (χ4v) is 4.95. The van der Waals surface area contributed by atoms with E-state index in [0.29, 0.717) is 33.4 Å². The van der Waals surface area contributed by atoms with Crippen LogP contribution in [0, 0.1) is 0 Å². The Balaban J connectivity index is 1.37. The van der Waals surface area contributed by atoms with Crippen LogP contribution >= 0.6 is 35.0 Å². The second-order valence-corrected chi connectivity index (χ2v) is 9.65. The lowest BCUT2D eigenvalue weighted by atomic mass is 10.1. The van der Waals surface area contributed by atoms with Crippen LogP contribution in [0.25, 0.3) is 6.08 Å². The number of fused-ring (bicyclic) bond motifs is 1. The number of nitrogens with zero attached hydrogens (tertiary/aromatic N) is 1. The minimum absolute atomic E-state index is 0.0270. The van der Waals surface area contributed by atoms with Gasteiger partial charge in [0.05, 0.1) is 29.1 Å². The van der Waals surface area contributed by atoms with Gasteiger partial charge in [0.1, 0.15) is 0 Å². The molecule has 1 fully saturated rings. The van der Waals surface area contributed by atoms with Crippen molar-refractivity contribution in [1.82, 2.24) is 4.90 Å². The van der Waals surface area contributed by atoms with Gasteiger partial charge in [-0.05, 0) is 59.3 Å². The number of halogens is 2. The van der Waals surface area contributed by atoms with Crippen molar-refractivity contribution < 1.29 is 33.3 Å². The van der Waals surface area contributed by atoms with Crippen molar-refractivity contribution in [1.29, 1.82) is 0 Å². The molecule has 1 saturated heterocycles. The Labute approximate surface area is 225 Å². The number of ether oxygens (including phenoxy) is 4. The lowest BCUT2D eigenvalue weighted by Gasteiger charge is -2.14. The monoisotopic (exact) mass is 557 g/mol. The number of carbonyl (C=O) groups excluding carboxylic acids is 3. The highest BCUT2D eigenvalue weighted by atomic mass is 35.5. The van der Waals surface area contributed by atoms with Gasteiger partial charge in [-0.15, -0.1) is 0 Å². The predicted molar refractivity (Wildman–Crippen MR) is 138 cm³/mol. The molecule has 0 unspecified atom stereocenters. The fourth-order valence-electron chi connectivity index (χ4n) is 3.68. The second kappa shape index (κ2) is 10.4. The first kappa shape index (κ1) is 25.0. The summed E-state index contributed by atoms with van der Waals surface area (Å²) in [5.41, 5.74) is 1.27. The number of methoxy groups -OCH3 is 1. The maximum Gasteiger partial charge on any atom is 0.345 e. The summed E-state index contributed by atoms with van der Waals surface area (Å²) in [7, 11) is 1.44. The summed E-state index contributed by atoms with van der Waals surface area (Å²) in [6.07, 6.45) is 1.54. The van der Waals surface area contributed by atoms with E-state index < -0.39 is 17.1 Å². The van der Waals surface area contributed by atoms with Gasteiger partial charge in [-0.1, -0.05) is 41.4 Å². The van der Waals surface area contributed by atoms with Crippen molar-refractivity contribution in [3.05, 3.63) is 86.2 Å². The number of benzene rings is 3. The molecule has 11 heteroatoms. The quantitative estimate of drug-likeness (QED) is 0.201. The van der Waals surface area contributed by atoms with E-state index in [4.69, 9.17) is 42.1 Å². The number of imide groups is 1. The lowest BCUT2D eigenvalue weighted by Crippen LogP contribution is -2.27. The first-order valence-electron chi connectivity index (χ1n) is 10.8. The van der Waals surface area contributed by atoms with Crippen LogP contribution in [-0.4, -0.2) is 35.9 Å². The number of rotatable bonds is 6. The maximum atomic E-state index is 13.1. The normalized spacial score (nSPS) is 15.4. The standard InChI is InChI=1S/C26H17Cl2NO7S/c1-33-19-7-6-14(8-22(19)36-25(31)16-4-2-3-5-17(16)27)9-23-24(30)29(26(32)37-23)12-15-10-20-21(11-18(15)28)35-13-34-20/h2-11H,12-13H2,1H3/b23-9-. The molecular formula is C26H17Cl2NO7S. The van der Waals surface area contributed by atoms with Crippen molar-refractivity contribution in [2.75, 3.05) is 13.9 Å². The van der Waals surface area contributed by atoms with Gasteiger partial charge in [-0.25, -0.2) is 4.79 Å². The van der Waals surface area contributed by atoms with Gasteiger partial charge in [-0.2, -0.15) is 0 Å². The molecule has 0 bridgehead atoms. The molecule has 3 aromatic carbocycles. The first-order valence-corrected chi connectivity index (χ1v) is 12.4. The van der Waals surface area contributed by atoms with Gasteiger partial charge in [0.15, 0.2) is 23.0 Å². The molecular weight excluding hydrogens is 541 g/mol. The Hall–Kier alpha value is -3.66. The molecule has 2 aliphatic rings. The Morgan fingerprint density at radius 3 is 2.54 bits per heavy atom. The summed E-state index contributed by atoms with van der Waals surface area (Å²) in [6, 6.07) is 14.6. The average molecular weight is 558 g/mol. The SMILES string of the molecule is COc1ccc(/C=C2\SC(=O)N(Cc3cc4c(cc3Cl)OCO4)C2=O)cc1OC(=O)c1ccccc1Cl. The molecule has 0 N–H and O–H groups in total. The Bertz CT molecular complexity index is 1470. The summed E-state index contributed by atoms with van der Waals surface area (Å²) >= 11 is 13.2. The van der Waals surface area contributed by atoms with Crippen molar-refractivity contribution >= 4 is 58.2 Å². The van der Waals surface area contributed by atoms with Crippen LogP contribution < -0.4 is 18.9 Å². The molecule has 0 saturated carbocycles. The van der Waals surface area contributed by atoms with E-state index in [-0.39, 0.29) is 34.6 Å². The van der Waals surface area contributed by atoms with E-state index in [0.717, 1.165) is 16.7 Å². The summed E-state index contributed by atoms with van der Waals surface area (Å²) in [5, 5.41) is 0.162. The number of amides is 2. The molecule has 0 atom stereocenters. The van der Waals surface area contributed by atoms with Gasteiger partial charge >= 0.3 is 5.97 Å². The molecule has 2 amide bonds. The molecule has 188 valence electrons. The van der Waals surface area contributed by atoms with Crippen LogP contribution in [-0.2, 0) is 11.3 Å². The molecule has 0 aromatic heterocycles. The zero-order valence-corrected chi connectivity index (χ0v) is 21.5. The lowest BCUT2D eigenvalue weighted by molar-refractivity contribution is -0.123. The van der Waals surface area contributed by atoms with Gasteiger partial charge < -0.3 is 18.9 Å². The molecule has 0 aliphatic carbocycles. The third-order valence-electron chi connectivity index (χ3n) is 5.53.